The molecule has 1 aromatic heterocycles. The van der Waals surface area contributed by atoms with Gasteiger partial charge in [0.2, 0.25) is 11.8 Å². The number of unbranched alkanes of at least 4 members (excludes halogenated alkanes) is 4. The lowest BCUT2D eigenvalue weighted by Gasteiger charge is -2.27. The summed E-state index contributed by atoms with van der Waals surface area (Å²) >= 11 is 1.91. The van der Waals surface area contributed by atoms with E-state index in [0.717, 1.165) is 38.0 Å². The van der Waals surface area contributed by atoms with Crippen LogP contribution in [-0.2, 0) is 4.79 Å². The fourth-order valence-electron chi connectivity index (χ4n) is 4.08. The van der Waals surface area contributed by atoms with Gasteiger partial charge in [-0.25, -0.2) is 9.59 Å². The number of amides is 2. The maximum absolute atomic E-state index is 12.3. The van der Waals surface area contributed by atoms with Gasteiger partial charge < -0.3 is 25.3 Å². The summed E-state index contributed by atoms with van der Waals surface area (Å²) in [5, 5.41) is 22.5. The Kier molecular flexibility index (Phi) is 7.57. The summed E-state index contributed by atoms with van der Waals surface area (Å²) in [5.74, 6) is -0.192. The van der Waals surface area contributed by atoms with Crippen molar-refractivity contribution in [3.8, 4) is 11.8 Å². The molecule has 8 nitrogen and oxygen atoms in total. The van der Waals surface area contributed by atoms with Crippen LogP contribution in [0.25, 0.3) is 0 Å². The number of nitrogens with one attached hydrogen (secondary N) is 1. The highest BCUT2D eigenvalue weighted by Gasteiger charge is 2.47. The van der Waals surface area contributed by atoms with Crippen LogP contribution in [0.1, 0.15) is 58.3 Å². The Bertz CT molecular complexity index is 691. The van der Waals surface area contributed by atoms with E-state index < -0.39 is 5.97 Å². The highest BCUT2D eigenvalue weighted by Crippen LogP contribution is 2.37. The molecule has 0 aliphatic carbocycles. The molecule has 2 saturated heterocycles. The van der Waals surface area contributed by atoms with Crippen LogP contribution in [0.4, 0.5) is 4.79 Å². The van der Waals surface area contributed by atoms with E-state index in [1.54, 1.807) is 0 Å². The second-order valence-electron chi connectivity index (χ2n) is 7.73. The van der Waals surface area contributed by atoms with Crippen LogP contribution >= 0.6 is 11.8 Å². The van der Waals surface area contributed by atoms with E-state index in [1.165, 1.54) is 25.0 Å². The zero-order valence-electron chi connectivity index (χ0n) is 16.9. The number of urea groups is 1. The molecule has 3 heterocycles. The first-order valence-corrected chi connectivity index (χ1v) is 11.6. The molecule has 2 amide bonds. The zero-order chi connectivity index (χ0) is 20.8. The molecule has 2 aliphatic rings. The quantitative estimate of drug-likeness (QED) is 0.372. The molecule has 2 fully saturated rings. The van der Waals surface area contributed by atoms with Gasteiger partial charge in [0, 0.05) is 36.1 Å². The minimum atomic E-state index is -0.501. The Morgan fingerprint density at radius 1 is 1.21 bits per heavy atom. The highest BCUT2D eigenvalue weighted by atomic mass is 32.2. The van der Waals surface area contributed by atoms with Gasteiger partial charge in [0.15, 0.2) is 0 Å². The molecule has 2 aliphatic heterocycles. The van der Waals surface area contributed by atoms with Gasteiger partial charge in [-0.05, 0) is 19.3 Å². The molecule has 0 unspecified atom stereocenters. The monoisotopic (exact) mass is 425 g/mol. The molecule has 0 saturated carbocycles. The number of aromatic hydroxyl groups is 2. The average Bonchev–Trinajstić information content (AvgIpc) is 3.32. The number of carbonyl (C=O) groups is 2. The van der Waals surface area contributed by atoms with Crippen LogP contribution in [-0.4, -0.2) is 61.5 Å². The molecule has 3 rings (SSSR count). The van der Waals surface area contributed by atoms with Crippen molar-refractivity contribution in [1.29, 1.82) is 0 Å². The van der Waals surface area contributed by atoms with Gasteiger partial charge in [-0.2, -0.15) is 11.8 Å². The highest BCUT2D eigenvalue weighted by molar-refractivity contribution is 8.00. The molecule has 162 valence electrons. The van der Waals surface area contributed by atoms with E-state index >= 15 is 0 Å². The third kappa shape index (κ3) is 5.32. The zero-order valence-corrected chi connectivity index (χ0v) is 17.7. The third-order valence-electron chi connectivity index (χ3n) is 5.58. The van der Waals surface area contributed by atoms with Crippen molar-refractivity contribution in [3.05, 3.63) is 12.1 Å². The van der Waals surface area contributed by atoms with Crippen molar-refractivity contribution in [2.45, 2.75) is 75.6 Å². The van der Waals surface area contributed by atoms with Crippen molar-refractivity contribution < 1.29 is 24.6 Å². The van der Waals surface area contributed by atoms with Gasteiger partial charge in [0.25, 0.3) is 0 Å². The van der Waals surface area contributed by atoms with Gasteiger partial charge in [-0.15, -0.1) is 4.73 Å². The number of aromatic nitrogens is 1. The second kappa shape index (κ2) is 10.1. The van der Waals surface area contributed by atoms with Gasteiger partial charge in [-0.3, -0.25) is 0 Å². The Morgan fingerprint density at radius 3 is 2.69 bits per heavy atom. The number of fused-ring (bicyclic) bond motifs is 1. The number of thioether (sulfide) groups is 1. The summed E-state index contributed by atoms with van der Waals surface area (Å²) in [6.07, 6.45) is 7.27. The first-order chi connectivity index (χ1) is 14.0. The van der Waals surface area contributed by atoms with Crippen molar-refractivity contribution in [2.24, 2.45) is 0 Å². The topological polar surface area (TPSA) is 104 Å². The van der Waals surface area contributed by atoms with E-state index in [0.29, 0.717) is 16.4 Å². The molecule has 29 heavy (non-hydrogen) atoms. The Morgan fingerprint density at radius 2 is 1.97 bits per heavy atom. The maximum atomic E-state index is 12.3. The third-order valence-corrected chi connectivity index (χ3v) is 7.07. The predicted molar refractivity (Wildman–Crippen MR) is 111 cm³/mol. The van der Waals surface area contributed by atoms with E-state index in [-0.39, 0.29) is 36.3 Å². The number of hydrogen-bond acceptors (Lipinski definition) is 6. The van der Waals surface area contributed by atoms with Crippen LogP contribution in [0.2, 0.25) is 0 Å². The molecule has 3 N–H and O–H groups in total. The van der Waals surface area contributed by atoms with Gasteiger partial charge in [0.05, 0.1) is 12.1 Å². The molecular formula is C20H31N3O5S. The van der Waals surface area contributed by atoms with Crippen molar-refractivity contribution in [3.63, 3.8) is 0 Å². The number of hydrogen-bond donors (Lipinski definition) is 3. The molecule has 3 atom stereocenters. The minimum absolute atomic E-state index is 0.0664. The second-order valence-corrected chi connectivity index (χ2v) is 9.00. The summed E-state index contributed by atoms with van der Waals surface area (Å²) in [5.41, 5.74) is 0. The van der Waals surface area contributed by atoms with E-state index in [4.69, 9.17) is 4.84 Å². The summed E-state index contributed by atoms with van der Waals surface area (Å²) in [4.78, 5) is 31.2. The molecule has 0 aromatic carbocycles. The standard InChI is InChI=1S/C20H31N3O5S/c1-2-3-4-7-12-22-19-14(21-20(22)27)13-29-15(19)8-5-6-9-18(26)28-23-16(24)10-11-17(23)25/h10-11,14-15,19,24-25H,2-9,12-13H2,1H3,(H,21,27)/t14-,15-,19-/m0/s1. The fourth-order valence-corrected chi connectivity index (χ4v) is 5.68. The minimum Gasteiger partial charge on any atom is -0.492 e. The number of rotatable bonds is 11. The maximum Gasteiger partial charge on any atom is 0.333 e. The molecule has 0 radical (unpaired) electrons. The average molecular weight is 426 g/mol. The SMILES string of the molecule is CCCCCCN1C(=O)N[C@H]2CS[C@@H](CCCCC(=O)On3c(O)ccc3O)[C@H]21. The van der Waals surface area contributed by atoms with Crippen molar-refractivity contribution in [2.75, 3.05) is 12.3 Å². The van der Waals surface area contributed by atoms with Crippen LogP contribution in [0.3, 0.4) is 0 Å². The van der Waals surface area contributed by atoms with Gasteiger partial charge >= 0.3 is 12.0 Å². The molecule has 9 heteroatoms. The molecule has 0 bridgehead atoms. The van der Waals surface area contributed by atoms with Crippen LogP contribution in [0.15, 0.2) is 12.1 Å². The lowest BCUT2D eigenvalue weighted by atomic mass is 10.0. The number of carbonyl (C=O) groups excluding carboxylic acids is 2. The Labute approximate surface area is 175 Å². The van der Waals surface area contributed by atoms with Gasteiger partial charge in [0.1, 0.15) is 0 Å². The number of nitrogens with zero attached hydrogens (tertiary/aromatic N) is 2. The van der Waals surface area contributed by atoms with Crippen LogP contribution < -0.4 is 10.2 Å². The largest absolute Gasteiger partial charge is 0.492 e. The van der Waals surface area contributed by atoms with E-state index in [2.05, 4.69) is 12.2 Å². The summed E-state index contributed by atoms with van der Waals surface area (Å²) in [7, 11) is 0. The normalized spacial score (nSPS) is 23.3. The van der Waals surface area contributed by atoms with Crippen LogP contribution in [0, 0.1) is 0 Å². The first-order valence-electron chi connectivity index (χ1n) is 10.5. The Balaban J connectivity index is 1.41. The first kappa shape index (κ1) is 21.7. The van der Waals surface area contributed by atoms with Crippen molar-refractivity contribution >= 4 is 23.8 Å². The molecule has 0 spiro atoms. The summed E-state index contributed by atoms with van der Waals surface area (Å²) in [6, 6.07) is 3.04. The predicted octanol–water partition coefficient (Wildman–Crippen LogP) is 2.87. The van der Waals surface area contributed by atoms with E-state index in [1.807, 2.05) is 16.7 Å². The Hall–Kier alpha value is -2.03. The van der Waals surface area contributed by atoms with Gasteiger partial charge in [-0.1, -0.05) is 32.6 Å². The lowest BCUT2D eigenvalue weighted by molar-refractivity contribution is -0.145. The summed E-state index contributed by atoms with van der Waals surface area (Å²) < 4.78 is 0.714. The lowest BCUT2D eigenvalue weighted by Crippen LogP contribution is -2.41. The fraction of sp³-hybridized carbons (Fsp3) is 0.700. The van der Waals surface area contributed by atoms with Crippen LogP contribution in [0.5, 0.6) is 11.8 Å². The molecular weight excluding hydrogens is 394 g/mol. The smallest absolute Gasteiger partial charge is 0.333 e. The summed E-state index contributed by atoms with van der Waals surface area (Å²) in [6.45, 7) is 3.00. The molecule has 1 aromatic rings. The van der Waals surface area contributed by atoms with Crippen molar-refractivity contribution in [1.82, 2.24) is 14.9 Å². The van der Waals surface area contributed by atoms with E-state index in [9.17, 15) is 19.8 Å².